The van der Waals surface area contributed by atoms with Gasteiger partial charge in [0.05, 0.1) is 10.1 Å². The van der Waals surface area contributed by atoms with E-state index in [1.54, 1.807) is 12.1 Å². The van der Waals surface area contributed by atoms with E-state index in [9.17, 15) is 13.2 Å². The van der Waals surface area contributed by atoms with Crippen molar-refractivity contribution in [3.8, 4) is 0 Å². The van der Waals surface area contributed by atoms with E-state index in [1.165, 1.54) is 12.1 Å². The van der Waals surface area contributed by atoms with Crippen LogP contribution in [0.5, 0.6) is 0 Å². The van der Waals surface area contributed by atoms with Crippen molar-refractivity contribution in [1.29, 1.82) is 0 Å². The topological polar surface area (TPSA) is 51.2 Å². The first-order valence-electron chi connectivity index (χ1n) is 5.94. The molecule has 1 aromatic carbocycles. The Morgan fingerprint density at radius 1 is 1.00 bits per heavy atom. The Kier molecular flexibility index (Phi) is 3.62. The van der Waals surface area contributed by atoms with Crippen LogP contribution in [0.15, 0.2) is 29.2 Å². The lowest BCUT2D eigenvalue weighted by molar-refractivity contribution is 0.112. The second-order valence-corrected chi connectivity index (χ2v) is 6.72. The van der Waals surface area contributed by atoms with Crippen molar-refractivity contribution in [1.82, 2.24) is 0 Å². The summed E-state index contributed by atoms with van der Waals surface area (Å²) in [5, 5.41) is -0.238. The van der Waals surface area contributed by atoms with Crippen molar-refractivity contribution in [3.05, 3.63) is 29.8 Å². The Balaban J connectivity index is 2.26. The summed E-state index contributed by atoms with van der Waals surface area (Å²) in [5.41, 5.74) is 0.507. The van der Waals surface area contributed by atoms with E-state index in [4.69, 9.17) is 0 Å². The summed E-state index contributed by atoms with van der Waals surface area (Å²) in [7, 11) is -3.20. The molecule has 0 heterocycles. The first kappa shape index (κ1) is 12.3. The van der Waals surface area contributed by atoms with Crippen LogP contribution in [0.2, 0.25) is 0 Å². The van der Waals surface area contributed by atoms with Gasteiger partial charge in [0.1, 0.15) is 6.29 Å². The van der Waals surface area contributed by atoms with E-state index >= 15 is 0 Å². The molecule has 17 heavy (non-hydrogen) atoms. The molecule has 0 amide bonds. The molecule has 1 saturated carbocycles. The Bertz CT molecular complexity index is 482. The summed E-state index contributed by atoms with van der Waals surface area (Å²) in [4.78, 5) is 10.9. The van der Waals surface area contributed by atoms with Gasteiger partial charge in [0, 0.05) is 5.56 Å². The molecule has 0 aromatic heterocycles. The predicted octanol–water partition coefficient (Wildman–Crippen LogP) is 2.61. The quantitative estimate of drug-likeness (QED) is 0.777. The van der Waals surface area contributed by atoms with E-state index in [1.807, 2.05) is 0 Å². The van der Waals surface area contributed by atoms with Crippen molar-refractivity contribution in [2.75, 3.05) is 0 Å². The highest BCUT2D eigenvalue weighted by Gasteiger charge is 2.28. The molecule has 0 bridgehead atoms. The Morgan fingerprint density at radius 2 is 1.59 bits per heavy atom. The predicted molar refractivity (Wildman–Crippen MR) is 65.9 cm³/mol. The van der Waals surface area contributed by atoms with Crippen LogP contribution in [0.3, 0.4) is 0 Å². The molecule has 0 N–H and O–H groups in total. The molecule has 0 saturated heterocycles. The van der Waals surface area contributed by atoms with Gasteiger partial charge < -0.3 is 0 Å². The van der Waals surface area contributed by atoms with Crippen molar-refractivity contribution in [2.45, 2.75) is 42.2 Å². The second-order valence-electron chi connectivity index (χ2n) is 4.49. The average Bonchev–Trinajstić information content (AvgIpc) is 2.40. The van der Waals surface area contributed by atoms with Crippen LogP contribution in [0.4, 0.5) is 0 Å². The van der Waals surface area contributed by atoms with E-state index in [2.05, 4.69) is 0 Å². The molecule has 1 aliphatic carbocycles. The second kappa shape index (κ2) is 5.00. The van der Waals surface area contributed by atoms with Gasteiger partial charge in [0.15, 0.2) is 9.84 Å². The van der Waals surface area contributed by atoms with Crippen LogP contribution in [-0.4, -0.2) is 20.0 Å². The molecule has 0 atom stereocenters. The molecule has 0 radical (unpaired) electrons. The van der Waals surface area contributed by atoms with Crippen LogP contribution in [0.25, 0.3) is 0 Å². The van der Waals surface area contributed by atoms with Crippen LogP contribution < -0.4 is 0 Å². The smallest absolute Gasteiger partial charge is 0.181 e. The molecule has 92 valence electrons. The lowest BCUT2D eigenvalue weighted by Gasteiger charge is -2.21. The molecule has 1 fully saturated rings. The van der Waals surface area contributed by atoms with Gasteiger partial charge in [-0.3, -0.25) is 4.79 Å². The lowest BCUT2D eigenvalue weighted by atomic mass is 10.0. The zero-order valence-corrected chi connectivity index (χ0v) is 10.4. The average molecular weight is 252 g/mol. The molecule has 0 unspecified atom stereocenters. The Hall–Kier alpha value is -1.16. The molecule has 0 aliphatic heterocycles. The summed E-state index contributed by atoms with van der Waals surface area (Å²) in [6.45, 7) is 0. The number of aldehydes is 1. The van der Waals surface area contributed by atoms with Crippen molar-refractivity contribution < 1.29 is 13.2 Å². The first-order valence-corrected chi connectivity index (χ1v) is 7.48. The standard InChI is InChI=1S/C13H16O3S/c14-10-11-6-8-13(9-7-11)17(15,16)12-4-2-1-3-5-12/h6-10,12H,1-5H2. The molecule has 0 spiro atoms. The van der Waals surface area contributed by atoms with Crippen LogP contribution in [0.1, 0.15) is 42.5 Å². The Morgan fingerprint density at radius 3 is 2.12 bits per heavy atom. The van der Waals surface area contributed by atoms with Crippen LogP contribution >= 0.6 is 0 Å². The third kappa shape index (κ3) is 2.57. The summed E-state index contributed by atoms with van der Waals surface area (Å²) in [5.74, 6) is 0. The summed E-state index contributed by atoms with van der Waals surface area (Å²) in [6.07, 6.45) is 5.37. The highest BCUT2D eigenvalue weighted by Crippen LogP contribution is 2.28. The maximum Gasteiger partial charge on any atom is 0.181 e. The molecule has 2 rings (SSSR count). The van der Waals surface area contributed by atoms with Gasteiger partial charge in [-0.05, 0) is 25.0 Å². The molecular weight excluding hydrogens is 236 g/mol. The maximum atomic E-state index is 12.3. The fourth-order valence-corrected chi connectivity index (χ4v) is 4.16. The van der Waals surface area contributed by atoms with Gasteiger partial charge in [-0.25, -0.2) is 8.42 Å². The highest BCUT2D eigenvalue weighted by molar-refractivity contribution is 7.92. The molecule has 1 aliphatic rings. The summed E-state index contributed by atoms with van der Waals surface area (Å²) in [6, 6.07) is 6.19. The SMILES string of the molecule is O=Cc1ccc(S(=O)(=O)C2CCCCC2)cc1. The maximum absolute atomic E-state index is 12.3. The van der Waals surface area contributed by atoms with E-state index in [0.29, 0.717) is 10.5 Å². The third-order valence-electron chi connectivity index (χ3n) is 3.34. The highest BCUT2D eigenvalue weighted by atomic mass is 32.2. The van der Waals surface area contributed by atoms with Crippen molar-refractivity contribution >= 4 is 16.1 Å². The number of sulfone groups is 1. The monoisotopic (exact) mass is 252 g/mol. The fourth-order valence-electron chi connectivity index (χ4n) is 2.30. The van der Waals surface area contributed by atoms with Gasteiger partial charge in [0.2, 0.25) is 0 Å². The lowest BCUT2D eigenvalue weighted by Crippen LogP contribution is -2.24. The number of hydrogen-bond donors (Lipinski definition) is 0. The number of carbonyl (C=O) groups is 1. The molecule has 1 aromatic rings. The number of rotatable bonds is 3. The van der Waals surface area contributed by atoms with Gasteiger partial charge in [-0.15, -0.1) is 0 Å². The minimum atomic E-state index is -3.20. The zero-order chi connectivity index (χ0) is 12.3. The molecular formula is C13H16O3S. The van der Waals surface area contributed by atoms with Gasteiger partial charge in [-0.2, -0.15) is 0 Å². The van der Waals surface area contributed by atoms with E-state index in [0.717, 1.165) is 38.4 Å². The first-order chi connectivity index (χ1) is 8.14. The Labute approximate surface area is 102 Å². The van der Waals surface area contributed by atoms with Crippen LogP contribution in [0, 0.1) is 0 Å². The largest absolute Gasteiger partial charge is 0.298 e. The van der Waals surface area contributed by atoms with Gasteiger partial charge in [0.25, 0.3) is 0 Å². The summed E-state index contributed by atoms with van der Waals surface area (Å²) < 4.78 is 24.6. The van der Waals surface area contributed by atoms with E-state index < -0.39 is 9.84 Å². The normalized spacial score (nSPS) is 17.9. The van der Waals surface area contributed by atoms with Crippen molar-refractivity contribution in [2.24, 2.45) is 0 Å². The number of hydrogen-bond acceptors (Lipinski definition) is 3. The molecule has 3 nitrogen and oxygen atoms in total. The van der Waals surface area contributed by atoms with E-state index in [-0.39, 0.29) is 5.25 Å². The number of carbonyl (C=O) groups excluding carboxylic acids is 1. The zero-order valence-electron chi connectivity index (χ0n) is 9.63. The third-order valence-corrected chi connectivity index (χ3v) is 5.61. The van der Waals surface area contributed by atoms with Gasteiger partial charge >= 0.3 is 0 Å². The minimum absolute atomic E-state index is 0.238. The van der Waals surface area contributed by atoms with Crippen molar-refractivity contribution in [3.63, 3.8) is 0 Å². The van der Waals surface area contributed by atoms with Crippen LogP contribution in [-0.2, 0) is 9.84 Å². The minimum Gasteiger partial charge on any atom is -0.298 e. The van der Waals surface area contributed by atoms with Gasteiger partial charge in [-0.1, -0.05) is 31.4 Å². The molecule has 4 heteroatoms. The number of benzene rings is 1. The fraction of sp³-hybridized carbons (Fsp3) is 0.462. The summed E-state index contributed by atoms with van der Waals surface area (Å²) >= 11 is 0.